The average molecular weight is 331 g/mol. The highest BCUT2D eigenvalue weighted by atomic mass is 32.1. The number of hydrogen-bond acceptors (Lipinski definition) is 4. The Morgan fingerprint density at radius 2 is 1.96 bits per heavy atom. The number of pyridine rings is 1. The third-order valence-corrected chi connectivity index (χ3v) is 4.14. The summed E-state index contributed by atoms with van der Waals surface area (Å²) in [5.41, 5.74) is 1.58. The molecule has 0 saturated carbocycles. The number of thiazole rings is 1. The molecule has 0 aliphatic heterocycles. The number of amides is 1. The Balaban J connectivity index is 1.97. The van der Waals surface area contributed by atoms with Gasteiger partial charge in [0.15, 0.2) is 0 Å². The Morgan fingerprint density at radius 1 is 1.22 bits per heavy atom. The summed E-state index contributed by atoms with van der Waals surface area (Å²) >= 11 is 1.52. The topological polar surface area (TPSA) is 54.9 Å². The number of hydrogen-bond donors (Lipinski definition) is 1. The molecular formula is C18H25N3OS. The van der Waals surface area contributed by atoms with Crippen molar-refractivity contribution in [2.24, 2.45) is 5.41 Å². The van der Waals surface area contributed by atoms with E-state index in [1.54, 1.807) is 6.20 Å². The summed E-state index contributed by atoms with van der Waals surface area (Å²) in [7, 11) is 0. The Morgan fingerprint density at radius 3 is 2.57 bits per heavy atom. The van der Waals surface area contributed by atoms with Crippen LogP contribution in [-0.2, 0) is 11.2 Å². The normalized spacial score (nSPS) is 12.2. The minimum absolute atomic E-state index is 0.0112. The molecule has 0 aliphatic rings. The molecule has 0 spiro atoms. The number of nitrogens with zero attached hydrogens (tertiary/aromatic N) is 2. The van der Waals surface area contributed by atoms with Gasteiger partial charge < -0.3 is 5.32 Å². The van der Waals surface area contributed by atoms with Crippen LogP contribution in [0.4, 0.5) is 0 Å². The van der Waals surface area contributed by atoms with E-state index in [1.165, 1.54) is 11.3 Å². The smallest absolute Gasteiger partial charge is 0.226 e. The molecule has 1 N–H and O–H groups in total. The Bertz CT molecular complexity index is 656. The minimum Gasteiger partial charge on any atom is -0.351 e. The van der Waals surface area contributed by atoms with Gasteiger partial charge in [0.25, 0.3) is 0 Å². The van der Waals surface area contributed by atoms with E-state index >= 15 is 0 Å². The van der Waals surface area contributed by atoms with Crippen molar-refractivity contribution in [2.75, 3.05) is 0 Å². The van der Waals surface area contributed by atoms with Gasteiger partial charge in [0.1, 0.15) is 5.01 Å². The largest absolute Gasteiger partial charge is 0.351 e. The number of nitrogens with one attached hydrogen (secondary N) is 1. The van der Waals surface area contributed by atoms with E-state index in [0.717, 1.165) is 22.8 Å². The van der Waals surface area contributed by atoms with Crippen LogP contribution in [0.1, 0.15) is 46.7 Å². The van der Waals surface area contributed by atoms with Gasteiger partial charge in [-0.3, -0.25) is 9.78 Å². The molecule has 0 saturated heterocycles. The molecule has 0 aromatic carbocycles. The summed E-state index contributed by atoms with van der Waals surface area (Å²) in [6, 6.07) is 5.74. The highest BCUT2D eigenvalue weighted by Crippen LogP contribution is 2.27. The van der Waals surface area contributed by atoms with Crippen molar-refractivity contribution in [3.63, 3.8) is 0 Å². The third-order valence-electron chi connectivity index (χ3n) is 3.23. The van der Waals surface area contributed by atoms with Crippen molar-refractivity contribution in [3.8, 4) is 10.7 Å². The first kappa shape index (κ1) is 17.6. The summed E-state index contributed by atoms with van der Waals surface area (Å²) in [6.07, 6.45) is 2.97. The van der Waals surface area contributed by atoms with E-state index in [0.29, 0.717) is 6.42 Å². The standard InChI is InChI=1S/C18H25N3OS/c1-17(2,3)12-18(4,5)21-15(22)10-13-11-23-16(20-13)14-8-6-7-9-19-14/h6-9,11H,10,12H2,1-5H3,(H,21,22). The van der Waals surface area contributed by atoms with Crippen LogP contribution in [-0.4, -0.2) is 21.4 Å². The Kier molecular flexibility index (Phi) is 5.19. The molecule has 5 heteroatoms. The van der Waals surface area contributed by atoms with Gasteiger partial charge in [0.05, 0.1) is 17.8 Å². The molecule has 23 heavy (non-hydrogen) atoms. The Hall–Kier alpha value is -1.75. The van der Waals surface area contributed by atoms with Gasteiger partial charge in [-0.1, -0.05) is 26.8 Å². The maximum atomic E-state index is 12.3. The van der Waals surface area contributed by atoms with E-state index in [4.69, 9.17) is 0 Å². The van der Waals surface area contributed by atoms with Crippen LogP contribution in [0, 0.1) is 5.41 Å². The lowest BCUT2D eigenvalue weighted by Crippen LogP contribution is -2.46. The first-order valence-corrected chi connectivity index (χ1v) is 8.69. The molecular weight excluding hydrogens is 306 g/mol. The van der Waals surface area contributed by atoms with Gasteiger partial charge in [0.2, 0.25) is 5.91 Å². The molecule has 2 aromatic rings. The summed E-state index contributed by atoms with van der Waals surface area (Å²) in [5.74, 6) is 0.0112. The van der Waals surface area contributed by atoms with Crippen LogP contribution >= 0.6 is 11.3 Å². The second-order valence-corrected chi connectivity index (χ2v) is 8.56. The van der Waals surface area contributed by atoms with Gasteiger partial charge >= 0.3 is 0 Å². The molecule has 0 aliphatic carbocycles. The van der Waals surface area contributed by atoms with Crippen LogP contribution in [0.5, 0.6) is 0 Å². The number of carbonyl (C=O) groups excluding carboxylic acids is 1. The average Bonchev–Trinajstić information content (AvgIpc) is 2.84. The quantitative estimate of drug-likeness (QED) is 0.898. The monoisotopic (exact) mass is 331 g/mol. The van der Waals surface area contributed by atoms with E-state index in [2.05, 4.69) is 49.9 Å². The summed E-state index contributed by atoms with van der Waals surface area (Å²) in [5, 5.41) is 5.90. The van der Waals surface area contributed by atoms with Crippen molar-refractivity contribution >= 4 is 17.2 Å². The molecule has 1 amide bonds. The van der Waals surface area contributed by atoms with Crippen LogP contribution < -0.4 is 5.32 Å². The van der Waals surface area contributed by atoms with Gasteiger partial charge in [-0.15, -0.1) is 11.3 Å². The van der Waals surface area contributed by atoms with Gasteiger partial charge in [-0.2, -0.15) is 0 Å². The molecule has 0 unspecified atom stereocenters. The number of aromatic nitrogens is 2. The van der Waals surface area contributed by atoms with Gasteiger partial charge in [-0.05, 0) is 37.8 Å². The van der Waals surface area contributed by atoms with Crippen LogP contribution in [0.15, 0.2) is 29.8 Å². The predicted molar refractivity (Wildman–Crippen MR) is 95.3 cm³/mol. The number of rotatable bonds is 5. The fraction of sp³-hybridized carbons (Fsp3) is 0.500. The molecule has 0 bridgehead atoms. The highest BCUT2D eigenvalue weighted by molar-refractivity contribution is 7.13. The molecule has 0 fully saturated rings. The predicted octanol–water partition coefficient (Wildman–Crippen LogP) is 4.08. The maximum absolute atomic E-state index is 12.3. The van der Waals surface area contributed by atoms with Crippen molar-refractivity contribution in [1.29, 1.82) is 0 Å². The highest BCUT2D eigenvalue weighted by Gasteiger charge is 2.27. The minimum atomic E-state index is -0.227. The zero-order chi connectivity index (χ0) is 17.1. The third kappa shape index (κ3) is 5.75. The molecule has 2 heterocycles. The molecule has 2 aromatic heterocycles. The van der Waals surface area contributed by atoms with Crippen molar-refractivity contribution in [3.05, 3.63) is 35.5 Å². The lowest BCUT2D eigenvalue weighted by molar-refractivity contribution is -0.122. The molecule has 0 radical (unpaired) electrons. The number of carbonyl (C=O) groups is 1. The SMILES string of the molecule is CC(C)(C)CC(C)(C)NC(=O)Cc1csc(-c2ccccn2)n1. The van der Waals surface area contributed by atoms with E-state index in [9.17, 15) is 4.79 Å². The second-order valence-electron chi connectivity index (χ2n) is 7.71. The fourth-order valence-corrected chi connectivity index (χ4v) is 3.75. The lowest BCUT2D eigenvalue weighted by atomic mass is 9.82. The first-order valence-electron chi connectivity index (χ1n) is 7.81. The summed E-state index contributed by atoms with van der Waals surface area (Å²) < 4.78 is 0. The fourth-order valence-electron chi connectivity index (χ4n) is 2.95. The summed E-state index contributed by atoms with van der Waals surface area (Å²) in [6.45, 7) is 10.7. The van der Waals surface area contributed by atoms with Crippen LogP contribution in [0.3, 0.4) is 0 Å². The molecule has 4 nitrogen and oxygen atoms in total. The molecule has 2 rings (SSSR count). The molecule has 0 atom stereocenters. The Labute approximate surface area is 142 Å². The van der Waals surface area contributed by atoms with E-state index in [1.807, 2.05) is 23.6 Å². The molecule has 124 valence electrons. The second kappa shape index (κ2) is 6.79. The van der Waals surface area contributed by atoms with E-state index in [-0.39, 0.29) is 16.9 Å². The van der Waals surface area contributed by atoms with Crippen molar-refractivity contribution in [2.45, 2.75) is 53.0 Å². The van der Waals surface area contributed by atoms with Gasteiger partial charge in [-0.25, -0.2) is 4.98 Å². The zero-order valence-corrected chi connectivity index (χ0v) is 15.3. The van der Waals surface area contributed by atoms with Crippen LogP contribution in [0.2, 0.25) is 0 Å². The zero-order valence-electron chi connectivity index (χ0n) is 14.5. The summed E-state index contributed by atoms with van der Waals surface area (Å²) in [4.78, 5) is 21.1. The van der Waals surface area contributed by atoms with E-state index < -0.39 is 0 Å². The van der Waals surface area contributed by atoms with Crippen molar-refractivity contribution in [1.82, 2.24) is 15.3 Å². The first-order chi connectivity index (χ1) is 10.6. The lowest BCUT2D eigenvalue weighted by Gasteiger charge is -2.33. The maximum Gasteiger partial charge on any atom is 0.226 e. The van der Waals surface area contributed by atoms with Crippen molar-refractivity contribution < 1.29 is 4.79 Å². The van der Waals surface area contributed by atoms with Gasteiger partial charge in [0, 0.05) is 17.1 Å². The van der Waals surface area contributed by atoms with Crippen LogP contribution in [0.25, 0.3) is 10.7 Å².